The van der Waals surface area contributed by atoms with E-state index < -0.39 is 5.41 Å². The van der Waals surface area contributed by atoms with Gasteiger partial charge in [-0.2, -0.15) is 0 Å². The van der Waals surface area contributed by atoms with Crippen molar-refractivity contribution in [1.29, 1.82) is 0 Å². The molecule has 1 unspecified atom stereocenters. The van der Waals surface area contributed by atoms with Crippen molar-refractivity contribution < 1.29 is 4.79 Å². The predicted octanol–water partition coefficient (Wildman–Crippen LogP) is 4.24. The van der Waals surface area contributed by atoms with E-state index in [1.807, 2.05) is 61.7 Å². The number of carbonyl (C=O) groups is 1. The summed E-state index contributed by atoms with van der Waals surface area (Å²) in [5.41, 5.74) is 3.15. The van der Waals surface area contributed by atoms with Crippen LogP contribution in [0, 0.1) is 6.92 Å². The summed E-state index contributed by atoms with van der Waals surface area (Å²) in [6, 6.07) is 15.5. The lowest BCUT2D eigenvalue weighted by molar-refractivity contribution is -0.119. The maximum atomic E-state index is 13.1. The predicted molar refractivity (Wildman–Crippen MR) is 98.9 cm³/mol. The third-order valence-corrected chi connectivity index (χ3v) is 5.14. The zero-order valence-electron chi connectivity index (χ0n) is 13.8. The van der Waals surface area contributed by atoms with Gasteiger partial charge in [-0.25, -0.2) is 4.98 Å². The summed E-state index contributed by atoms with van der Waals surface area (Å²) in [5.74, 6) is 0.888. The highest BCUT2D eigenvalue weighted by atomic mass is 35.5. The molecule has 5 heteroatoms. The highest BCUT2D eigenvalue weighted by Crippen LogP contribution is 2.46. The average Bonchev–Trinajstić information content (AvgIpc) is 3.15. The standard InChI is InChI=1S/C20H18ClN3O/c1-13-22-12-16(23-13)10-11-20(14-6-8-15(21)9-7-14)17-4-2-3-5-18(17)24-19(20)25/h2-9,12H,10-11H2,1H3,(H,22,23)(H,24,25). The molecule has 4 rings (SSSR count). The molecular formula is C20H18ClN3O. The molecule has 0 radical (unpaired) electrons. The van der Waals surface area contributed by atoms with Crippen LogP contribution in [0.2, 0.25) is 5.02 Å². The molecule has 2 aromatic carbocycles. The minimum atomic E-state index is -0.722. The van der Waals surface area contributed by atoms with Crippen LogP contribution in [0.5, 0.6) is 0 Å². The lowest BCUT2D eigenvalue weighted by atomic mass is 9.72. The number of imidazole rings is 1. The number of nitrogens with zero attached hydrogens (tertiary/aromatic N) is 1. The van der Waals surface area contributed by atoms with Crippen LogP contribution in [0.4, 0.5) is 5.69 Å². The maximum Gasteiger partial charge on any atom is 0.239 e. The Hall–Kier alpha value is -2.59. The number of H-pyrrole nitrogens is 1. The Bertz CT molecular complexity index is 932. The molecule has 0 saturated carbocycles. The Labute approximate surface area is 151 Å². The molecule has 1 aliphatic heterocycles. The van der Waals surface area contributed by atoms with Gasteiger partial charge < -0.3 is 10.3 Å². The first kappa shape index (κ1) is 15.9. The van der Waals surface area contributed by atoms with Gasteiger partial charge in [0.15, 0.2) is 0 Å². The van der Waals surface area contributed by atoms with Gasteiger partial charge in [-0.1, -0.05) is 41.9 Å². The van der Waals surface area contributed by atoms with Crippen molar-refractivity contribution in [3.05, 3.63) is 82.4 Å². The SMILES string of the molecule is Cc1ncc(CCC2(c3ccc(Cl)cc3)C(=O)Nc3ccccc32)[nH]1. The highest BCUT2D eigenvalue weighted by Gasteiger charge is 2.47. The van der Waals surface area contributed by atoms with Crippen molar-refractivity contribution in [1.82, 2.24) is 9.97 Å². The Morgan fingerprint density at radius 2 is 1.88 bits per heavy atom. The number of carbonyl (C=O) groups excluding carboxylic acids is 1. The zero-order chi connectivity index (χ0) is 17.4. The molecule has 2 heterocycles. The van der Waals surface area contributed by atoms with Crippen molar-refractivity contribution in [2.75, 3.05) is 5.32 Å². The highest BCUT2D eigenvalue weighted by molar-refractivity contribution is 6.30. The van der Waals surface area contributed by atoms with Crippen molar-refractivity contribution in [2.45, 2.75) is 25.2 Å². The van der Waals surface area contributed by atoms with E-state index in [4.69, 9.17) is 11.6 Å². The molecule has 3 aromatic rings. The second-order valence-corrected chi connectivity index (χ2v) is 6.84. The number of rotatable bonds is 4. The van der Waals surface area contributed by atoms with Gasteiger partial charge >= 0.3 is 0 Å². The first-order valence-electron chi connectivity index (χ1n) is 8.27. The Morgan fingerprint density at radius 1 is 1.12 bits per heavy atom. The van der Waals surface area contributed by atoms with E-state index in [1.54, 1.807) is 0 Å². The summed E-state index contributed by atoms with van der Waals surface area (Å²) in [6.45, 7) is 1.93. The fourth-order valence-electron chi connectivity index (χ4n) is 3.65. The molecular weight excluding hydrogens is 334 g/mol. The fourth-order valence-corrected chi connectivity index (χ4v) is 3.78. The quantitative estimate of drug-likeness (QED) is 0.738. The topological polar surface area (TPSA) is 57.8 Å². The lowest BCUT2D eigenvalue weighted by Crippen LogP contribution is -2.36. The number of para-hydroxylation sites is 1. The smallest absolute Gasteiger partial charge is 0.239 e. The second-order valence-electron chi connectivity index (χ2n) is 6.41. The maximum absolute atomic E-state index is 13.1. The number of aryl methyl sites for hydroxylation is 2. The Balaban J connectivity index is 1.81. The van der Waals surface area contributed by atoms with Crippen molar-refractivity contribution in [3.8, 4) is 0 Å². The number of fused-ring (bicyclic) bond motifs is 1. The Morgan fingerprint density at radius 3 is 2.60 bits per heavy atom. The van der Waals surface area contributed by atoms with Crippen LogP contribution in [-0.4, -0.2) is 15.9 Å². The molecule has 2 N–H and O–H groups in total. The van der Waals surface area contributed by atoms with Crippen LogP contribution in [0.25, 0.3) is 0 Å². The van der Waals surface area contributed by atoms with Gasteiger partial charge in [0, 0.05) is 22.6 Å². The molecule has 126 valence electrons. The van der Waals surface area contributed by atoms with E-state index in [9.17, 15) is 4.79 Å². The number of nitrogens with one attached hydrogen (secondary N) is 2. The number of aromatic nitrogens is 2. The van der Waals surface area contributed by atoms with Crippen LogP contribution in [0.3, 0.4) is 0 Å². The molecule has 0 spiro atoms. The summed E-state index contributed by atoms with van der Waals surface area (Å²) in [5, 5.41) is 3.71. The summed E-state index contributed by atoms with van der Waals surface area (Å²) in [4.78, 5) is 20.6. The van der Waals surface area contributed by atoms with Crippen molar-refractivity contribution in [2.24, 2.45) is 0 Å². The lowest BCUT2D eigenvalue weighted by Gasteiger charge is -2.28. The number of benzene rings is 2. The van der Waals surface area contributed by atoms with Gasteiger partial charge in [-0.15, -0.1) is 0 Å². The van der Waals surface area contributed by atoms with E-state index in [1.165, 1.54) is 0 Å². The van der Waals surface area contributed by atoms with Crippen LogP contribution >= 0.6 is 11.6 Å². The van der Waals surface area contributed by atoms with Gasteiger partial charge in [0.2, 0.25) is 5.91 Å². The zero-order valence-corrected chi connectivity index (χ0v) is 14.6. The molecule has 1 atom stereocenters. The molecule has 0 aliphatic carbocycles. The number of aromatic amines is 1. The van der Waals surface area contributed by atoms with E-state index in [2.05, 4.69) is 15.3 Å². The number of hydrogen-bond donors (Lipinski definition) is 2. The molecule has 1 amide bonds. The second kappa shape index (κ2) is 6.05. The molecule has 25 heavy (non-hydrogen) atoms. The number of halogens is 1. The minimum Gasteiger partial charge on any atom is -0.346 e. The molecule has 0 fully saturated rings. The first-order valence-corrected chi connectivity index (χ1v) is 8.65. The summed E-state index contributed by atoms with van der Waals surface area (Å²) in [7, 11) is 0. The van der Waals surface area contributed by atoms with E-state index in [0.29, 0.717) is 11.4 Å². The largest absolute Gasteiger partial charge is 0.346 e. The first-order chi connectivity index (χ1) is 12.1. The monoisotopic (exact) mass is 351 g/mol. The van der Waals surface area contributed by atoms with Crippen molar-refractivity contribution in [3.63, 3.8) is 0 Å². The number of hydrogen-bond acceptors (Lipinski definition) is 2. The summed E-state index contributed by atoms with van der Waals surface area (Å²) in [6.07, 6.45) is 3.22. The average molecular weight is 352 g/mol. The third-order valence-electron chi connectivity index (χ3n) is 4.88. The number of amides is 1. The van der Waals surface area contributed by atoms with E-state index in [-0.39, 0.29) is 5.91 Å². The fraction of sp³-hybridized carbons (Fsp3) is 0.200. The Kier molecular flexibility index (Phi) is 3.85. The van der Waals surface area contributed by atoms with Gasteiger partial charge in [-0.3, -0.25) is 4.79 Å². The third kappa shape index (κ3) is 2.63. The number of anilines is 1. The molecule has 1 aromatic heterocycles. The van der Waals surface area contributed by atoms with Gasteiger partial charge in [0.05, 0.1) is 0 Å². The summed E-state index contributed by atoms with van der Waals surface area (Å²) < 4.78 is 0. The molecule has 0 saturated heterocycles. The molecule has 1 aliphatic rings. The van der Waals surface area contributed by atoms with Crippen LogP contribution in [-0.2, 0) is 16.6 Å². The van der Waals surface area contributed by atoms with Crippen LogP contribution < -0.4 is 5.32 Å². The van der Waals surface area contributed by atoms with Crippen molar-refractivity contribution >= 4 is 23.2 Å². The normalized spacial score (nSPS) is 18.9. The molecule has 0 bridgehead atoms. The van der Waals surface area contributed by atoms with Gasteiger partial charge in [0.25, 0.3) is 0 Å². The van der Waals surface area contributed by atoms with Gasteiger partial charge in [0.1, 0.15) is 11.2 Å². The van der Waals surface area contributed by atoms with E-state index >= 15 is 0 Å². The van der Waals surface area contributed by atoms with Gasteiger partial charge in [-0.05, 0) is 49.1 Å². The van der Waals surface area contributed by atoms with Crippen LogP contribution in [0.1, 0.15) is 29.1 Å². The van der Waals surface area contributed by atoms with E-state index in [0.717, 1.165) is 34.8 Å². The van der Waals surface area contributed by atoms with Crippen LogP contribution in [0.15, 0.2) is 54.7 Å². The minimum absolute atomic E-state index is 0.00672. The molecule has 4 nitrogen and oxygen atoms in total. The summed E-state index contributed by atoms with van der Waals surface area (Å²) >= 11 is 6.06.